The summed E-state index contributed by atoms with van der Waals surface area (Å²) in [6.07, 6.45) is -2.96. The van der Waals surface area contributed by atoms with Gasteiger partial charge in [0.1, 0.15) is 16.7 Å². The van der Waals surface area contributed by atoms with Crippen molar-refractivity contribution in [3.8, 4) is 6.07 Å². The van der Waals surface area contributed by atoms with Crippen LogP contribution in [0, 0.1) is 11.3 Å². The highest BCUT2D eigenvalue weighted by atomic mass is 35.7. The van der Waals surface area contributed by atoms with Crippen LogP contribution < -0.4 is 5.73 Å². The fraction of sp³-hybridized carbons (Fsp3) is 0.143. The van der Waals surface area contributed by atoms with Crippen molar-refractivity contribution >= 4 is 25.4 Å². The number of hydrogen-bond donors (Lipinski definition) is 1. The molecular weight excluding hydrogens is 264 g/mol. The minimum absolute atomic E-state index is 0.531. The SMILES string of the molecule is N#Cc1nc(C(F)F)cc(N)c1S(=O)(=O)Cl. The van der Waals surface area contributed by atoms with Gasteiger partial charge in [0.2, 0.25) is 0 Å². The molecule has 0 aromatic carbocycles. The average molecular weight is 268 g/mol. The van der Waals surface area contributed by atoms with Crippen LogP contribution in [-0.2, 0) is 9.05 Å². The second-order valence-corrected chi connectivity index (χ2v) is 5.17. The normalized spacial score (nSPS) is 11.4. The lowest BCUT2D eigenvalue weighted by molar-refractivity contribution is 0.146. The Bertz CT molecular complexity index is 568. The van der Waals surface area contributed by atoms with Crippen molar-refractivity contribution in [1.82, 2.24) is 4.98 Å². The maximum Gasteiger partial charge on any atom is 0.280 e. The van der Waals surface area contributed by atoms with Crippen LogP contribution in [0.2, 0.25) is 0 Å². The van der Waals surface area contributed by atoms with Gasteiger partial charge in [0.25, 0.3) is 15.5 Å². The lowest BCUT2D eigenvalue weighted by Gasteiger charge is -2.06. The number of hydrogen-bond acceptors (Lipinski definition) is 5. The molecular formula is C7H4ClF2N3O2S. The smallest absolute Gasteiger partial charge is 0.280 e. The van der Waals surface area contributed by atoms with Gasteiger partial charge in [0.15, 0.2) is 5.69 Å². The van der Waals surface area contributed by atoms with Gasteiger partial charge in [-0.1, -0.05) is 0 Å². The van der Waals surface area contributed by atoms with Crippen LogP contribution in [0.15, 0.2) is 11.0 Å². The Morgan fingerprint density at radius 1 is 1.56 bits per heavy atom. The topological polar surface area (TPSA) is 96.8 Å². The monoisotopic (exact) mass is 267 g/mol. The highest BCUT2D eigenvalue weighted by molar-refractivity contribution is 8.14. The summed E-state index contributed by atoms with van der Waals surface area (Å²) < 4.78 is 46.6. The van der Waals surface area contributed by atoms with Gasteiger partial charge in [-0.15, -0.1) is 0 Å². The highest BCUT2D eigenvalue weighted by Gasteiger charge is 2.24. The first-order chi connectivity index (χ1) is 7.27. The van der Waals surface area contributed by atoms with Gasteiger partial charge in [-0.05, 0) is 6.07 Å². The van der Waals surface area contributed by atoms with E-state index in [1.807, 2.05) is 0 Å². The van der Waals surface area contributed by atoms with Gasteiger partial charge in [-0.3, -0.25) is 0 Å². The summed E-state index contributed by atoms with van der Waals surface area (Å²) in [5, 5.41) is 8.58. The second kappa shape index (κ2) is 4.19. The highest BCUT2D eigenvalue weighted by Crippen LogP contribution is 2.28. The molecule has 0 saturated heterocycles. The first-order valence-corrected chi connectivity index (χ1v) is 6.01. The molecule has 0 aliphatic rings. The molecule has 0 amide bonds. The minimum atomic E-state index is -4.30. The van der Waals surface area contributed by atoms with Crippen LogP contribution in [-0.4, -0.2) is 13.4 Å². The quantitative estimate of drug-likeness (QED) is 0.817. The van der Waals surface area contributed by atoms with Crippen molar-refractivity contribution in [2.45, 2.75) is 11.3 Å². The molecule has 1 aromatic rings. The van der Waals surface area contributed by atoms with Crippen molar-refractivity contribution in [3.05, 3.63) is 17.5 Å². The van der Waals surface area contributed by atoms with E-state index in [0.29, 0.717) is 6.07 Å². The molecule has 1 aromatic heterocycles. The van der Waals surface area contributed by atoms with E-state index in [9.17, 15) is 17.2 Å². The number of rotatable bonds is 2. The summed E-state index contributed by atoms with van der Waals surface area (Å²) in [5.41, 5.74) is 3.18. The van der Waals surface area contributed by atoms with E-state index in [4.69, 9.17) is 21.7 Å². The van der Waals surface area contributed by atoms with Gasteiger partial charge in [0, 0.05) is 10.7 Å². The maximum absolute atomic E-state index is 12.3. The van der Waals surface area contributed by atoms with Crippen LogP contribution in [0.25, 0.3) is 0 Å². The molecule has 2 N–H and O–H groups in total. The van der Waals surface area contributed by atoms with E-state index in [-0.39, 0.29) is 0 Å². The number of nitriles is 1. The maximum atomic E-state index is 12.3. The number of halogens is 3. The van der Waals surface area contributed by atoms with E-state index in [1.165, 1.54) is 6.07 Å². The Balaban J connectivity index is 3.62. The first-order valence-electron chi connectivity index (χ1n) is 3.70. The third kappa shape index (κ3) is 2.37. The van der Waals surface area contributed by atoms with Crippen LogP contribution in [0.5, 0.6) is 0 Å². The summed E-state index contributed by atoms with van der Waals surface area (Å²) in [6.45, 7) is 0. The number of alkyl halides is 2. The summed E-state index contributed by atoms with van der Waals surface area (Å²) in [6, 6.07) is 2.02. The van der Waals surface area contributed by atoms with E-state index >= 15 is 0 Å². The van der Waals surface area contributed by atoms with Crippen LogP contribution in [0.4, 0.5) is 14.5 Å². The van der Waals surface area contributed by atoms with E-state index in [0.717, 1.165) is 0 Å². The first kappa shape index (κ1) is 12.6. The summed E-state index contributed by atoms with van der Waals surface area (Å²) in [4.78, 5) is 2.41. The van der Waals surface area contributed by atoms with E-state index in [2.05, 4.69) is 4.98 Å². The predicted molar refractivity (Wildman–Crippen MR) is 51.4 cm³/mol. The third-order valence-corrected chi connectivity index (χ3v) is 2.97. The molecule has 5 nitrogen and oxygen atoms in total. The van der Waals surface area contributed by atoms with Gasteiger partial charge >= 0.3 is 0 Å². The van der Waals surface area contributed by atoms with Crippen LogP contribution in [0.3, 0.4) is 0 Å². The largest absolute Gasteiger partial charge is 0.397 e. The molecule has 9 heteroatoms. The Kier molecular flexibility index (Phi) is 3.30. The fourth-order valence-corrected chi connectivity index (χ4v) is 2.17. The molecule has 0 atom stereocenters. The van der Waals surface area contributed by atoms with Crippen molar-refractivity contribution < 1.29 is 17.2 Å². The fourth-order valence-electron chi connectivity index (χ4n) is 1.02. The van der Waals surface area contributed by atoms with Crippen molar-refractivity contribution in [1.29, 1.82) is 5.26 Å². The van der Waals surface area contributed by atoms with Crippen LogP contribution in [0.1, 0.15) is 17.8 Å². The number of pyridine rings is 1. The Morgan fingerprint density at radius 3 is 2.50 bits per heavy atom. The van der Waals surface area contributed by atoms with Gasteiger partial charge in [-0.25, -0.2) is 22.2 Å². The van der Waals surface area contributed by atoms with E-state index in [1.54, 1.807) is 0 Å². The third-order valence-electron chi connectivity index (χ3n) is 1.59. The number of nitrogens with two attached hydrogens (primary N) is 1. The summed E-state index contributed by atoms with van der Waals surface area (Å²) in [5.74, 6) is 0. The van der Waals surface area contributed by atoms with Gasteiger partial charge < -0.3 is 5.73 Å². The molecule has 16 heavy (non-hydrogen) atoms. The van der Waals surface area contributed by atoms with Gasteiger partial charge in [-0.2, -0.15) is 5.26 Å². The standard InChI is InChI=1S/C7H4ClF2N3O2S/c8-16(14,15)6-3(12)1-4(7(9)10)13-5(6)2-11/h1,7H,(H2,12,13). The van der Waals surface area contributed by atoms with Crippen molar-refractivity contribution in [2.75, 3.05) is 5.73 Å². The van der Waals surface area contributed by atoms with Crippen molar-refractivity contribution in [2.24, 2.45) is 0 Å². The molecule has 1 heterocycles. The van der Waals surface area contributed by atoms with Crippen molar-refractivity contribution in [3.63, 3.8) is 0 Å². The zero-order valence-corrected chi connectivity index (χ0v) is 9.06. The lowest BCUT2D eigenvalue weighted by Crippen LogP contribution is -2.06. The minimum Gasteiger partial charge on any atom is -0.397 e. The average Bonchev–Trinajstić information content (AvgIpc) is 2.14. The summed E-state index contributed by atoms with van der Waals surface area (Å²) >= 11 is 0. The molecule has 0 bridgehead atoms. The zero-order valence-electron chi connectivity index (χ0n) is 7.49. The zero-order chi connectivity index (χ0) is 12.5. The van der Waals surface area contributed by atoms with Crippen LogP contribution >= 0.6 is 10.7 Å². The predicted octanol–water partition coefficient (Wildman–Crippen LogP) is 1.40. The number of nitrogen functional groups attached to an aromatic ring is 1. The van der Waals surface area contributed by atoms with Gasteiger partial charge in [0.05, 0.1) is 5.69 Å². The number of anilines is 1. The molecule has 1 rings (SSSR count). The molecule has 0 aliphatic carbocycles. The lowest BCUT2D eigenvalue weighted by atomic mass is 10.2. The Morgan fingerprint density at radius 2 is 2.12 bits per heavy atom. The molecule has 0 fully saturated rings. The number of nitrogens with zero attached hydrogens (tertiary/aromatic N) is 2. The summed E-state index contributed by atoms with van der Waals surface area (Å²) in [7, 11) is 0.692. The Hall–Kier alpha value is -1.46. The molecule has 0 saturated carbocycles. The molecule has 0 spiro atoms. The molecule has 0 radical (unpaired) electrons. The molecule has 0 aliphatic heterocycles. The Labute approximate surface area is 93.9 Å². The van der Waals surface area contributed by atoms with E-state index < -0.39 is 37.4 Å². The molecule has 0 unspecified atom stereocenters. The second-order valence-electron chi connectivity index (χ2n) is 2.66. The number of aromatic nitrogens is 1. The molecule has 86 valence electrons.